The summed E-state index contributed by atoms with van der Waals surface area (Å²) in [6.07, 6.45) is 2.42. The van der Waals surface area contributed by atoms with Gasteiger partial charge in [0, 0.05) is 13.2 Å². The molecule has 0 radical (unpaired) electrons. The van der Waals surface area contributed by atoms with E-state index in [1.165, 1.54) is 36.3 Å². The molecule has 1 aromatic carbocycles. The van der Waals surface area contributed by atoms with Crippen molar-refractivity contribution in [2.75, 3.05) is 13.3 Å². The molecule has 0 fully saturated rings. The van der Waals surface area contributed by atoms with Crippen LogP contribution in [0.1, 0.15) is 11.1 Å². The molecule has 0 saturated heterocycles. The Balaban J connectivity index is 2.16. The third-order valence-electron chi connectivity index (χ3n) is 3.90. The lowest BCUT2D eigenvalue weighted by molar-refractivity contribution is -0.129. The molecule has 1 amide bonds. The Kier molecular flexibility index (Phi) is 4.37. The van der Waals surface area contributed by atoms with Crippen LogP contribution in [0.5, 0.6) is 5.75 Å². The average molecular weight is 395 g/mol. The van der Waals surface area contributed by atoms with Gasteiger partial charge in [-0.2, -0.15) is 8.42 Å². The maximum Gasteiger partial charge on any atom is 0.306 e. The van der Waals surface area contributed by atoms with E-state index in [-0.39, 0.29) is 22.8 Å². The van der Waals surface area contributed by atoms with Crippen molar-refractivity contribution in [3.63, 3.8) is 0 Å². The minimum Gasteiger partial charge on any atom is -0.383 e. The van der Waals surface area contributed by atoms with Crippen molar-refractivity contribution in [3.05, 3.63) is 58.9 Å². The first kappa shape index (κ1) is 18.2. The number of likely N-dealkylation sites (N-methyl/N-ethyl adjacent to an activating group) is 1. The van der Waals surface area contributed by atoms with Crippen LogP contribution < -0.4 is 9.92 Å². The molecule has 2 aromatic rings. The molecular formula is C16H15ClN4O4S. The minimum atomic E-state index is -3.66. The maximum atomic E-state index is 13.0. The quantitative estimate of drug-likeness (QED) is 0.613. The van der Waals surface area contributed by atoms with Crippen LogP contribution in [0.15, 0.2) is 47.6 Å². The van der Waals surface area contributed by atoms with Crippen molar-refractivity contribution in [3.8, 4) is 5.75 Å². The highest BCUT2D eigenvalue weighted by Gasteiger charge is 2.49. The van der Waals surface area contributed by atoms with Gasteiger partial charge in [0.1, 0.15) is 10.9 Å². The number of carbonyl (C=O) groups is 1. The highest BCUT2D eigenvalue weighted by Crippen LogP contribution is 2.40. The van der Waals surface area contributed by atoms with Gasteiger partial charge in [-0.1, -0.05) is 23.7 Å². The number of rotatable bonds is 4. The molecule has 1 aliphatic heterocycles. The molecule has 2 N–H and O–H groups in total. The van der Waals surface area contributed by atoms with Gasteiger partial charge in [-0.25, -0.2) is 9.98 Å². The lowest BCUT2D eigenvalue weighted by atomic mass is 9.83. The fourth-order valence-electron chi connectivity index (χ4n) is 2.74. The first-order valence-electron chi connectivity index (χ1n) is 7.39. The molecule has 26 heavy (non-hydrogen) atoms. The maximum absolute atomic E-state index is 13.0. The molecule has 136 valence electrons. The second-order valence-electron chi connectivity index (χ2n) is 5.72. The summed E-state index contributed by atoms with van der Waals surface area (Å²) >= 11 is 5.99. The first-order valence-corrected chi connectivity index (χ1v) is 9.58. The predicted octanol–water partition coefficient (Wildman–Crippen LogP) is 1.10. The van der Waals surface area contributed by atoms with Crippen molar-refractivity contribution < 1.29 is 17.4 Å². The summed E-state index contributed by atoms with van der Waals surface area (Å²) < 4.78 is 27.3. The highest BCUT2D eigenvalue weighted by molar-refractivity contribution is 7.86. The number of nitrogens with two attached hydrogens (primary N) is 1. The summed E-state index contributed by atoms with van der Waals surface area (Å²) in [5, 5.41) is 0.204. The Morgan fingerprint density at radius 2 is 1.85 bits per heavy atom. The Hall–Kier alpha value is -2.65. The molecule has 1 aromatic heterocycles. The largest absolute Gasteiger partial charge is 0.383 e. The zero-order valence-electron chi connectivity index (χ0n) is 13.9. The number of hydrogen-bond donors (Lipinski definition) is 1. The van der Waals surface area contributed by atoms with Crippen molar-refractivity contribution >= 4 is 33.6 Å². The molecule has 0 aliphatic carbocycles. The number of aromatic nitrogens is 1. The van der Waals surface area contributed by atoms with E-state index in [2.05, 4.69) is 9.98 Å². The molecular weight excluding hydrogens is 380 g/mol. The average Bonchev–Trinajstić information content (AvgIpc) is 2.79. The summed E-state index contributed by atoms with van der Waals surface area (Å²) in [4.78, 5) is 22.6. The van der Waals surface area contributed by atoms with Crippen LogP contribution in [0.2, 0.25) is 5.15 Å². The standard InChI is InChI=1S/C16H15ClN4O4S/c1-21-14(22)16(20-15(21)18,11-7-8-19-13(17)9-11)10-3-5-12(6-4-10)25-26(2,23)24/h3-9H,1-2H3,(H2,18,20). The topological polar surface area (TPSA) is 115 Å². The fraction of sp³-hybridized carbons (Fsp3) is 0.188. The van der Waals surface area contributed by atoms with Gasteiger partial charge in [0.15, 0.2) is 11.5 Å². The van der Waals surface area contributed by atoms with Crippen molar-refractivity contribution in [2.45, 2.75) is 5.54 Å². The van der Waals surface area contributed by atoms with Gasteiger partial charge in [0.25, 0.3) is 5.91 Å². The number of benzene rings is 1. The number of nitrogens with zero attached hydrogens (tertiary/aromatic N) is 3. The van der Waals surface area contributed by atoms with E-state index in [9.17, 15) is 13.2 Å². The minimum absolute atomic E-state index is 0.0550. The van der Waals surface area contributed by atoms with Crippen LogP contribution in [0.3, 0.4) is 0 Å². The zero-order valence-corrected chi connectivity index (χ0v) is 15.5. The van der Waals surface area contributed by atoms with Crippen LogP contribution >= 0.6 is 11.6 Å². The Morgan fingerprint density at radius 3 is 2.35 bits per heavy atom. The van der Waals surface area contributed by atoms with E-state index in [4.69, 9.17) is 21.5 Å². The summed E-state index contributed by atoms with van der Waals surface area (Å²) in [5.74, 6) is -0.191. The Labute approximate surface area is 155 Å². The molecule has 8 nitrogen and oxygen atoms in total. The summed E-state index contributed by atoms with van der Waals surface area (Å²) in [6, 6.07) is 9.17. The lowest BCUT2D eigenvalue weighted by Crippen LogP contribution is -2.41. The SMILES string of the molecule is CN1C(=O)C(c2ccc(OS(C)(=O)=O)cc2)(c2ccnc(Cl)c2)N=C1N. The van der Waals surface area contributed by atoms with E-state index in [0.29, 0.717) is 11.1 Å². The van der Waals surface area contributed by atoms with E-state index in [1.54, 1.807) is 18.2 Å². The highest BCUT2D eigenvalue weighted by atomic mass is 35.5. The van der Waals surface area contributed by atoms with Gasteiger partial charge < -0.3 is 9.92 Å². The summed E-state index contributed by atoms with van der Waals surface area (Å²) in [7, 11) is -2.14. The number of pyridine rings is 1. The van der Waals surface area contributed by atoms with Crippen LogP contribution in [0.4, 0.5) is 0 Å². The molecule has 10 heteroatoms. The van der Waals surface area contributed by atoms with Crippen molar-refractivity contribution in [2.24, 2.45) is 10.7 Å². The Bertz CT molecular complexity index is 1010. The van der Waals surface area contributed by atoms with Crippen LogP contribution in [0, 0.1) is 0 Å². The zero-order chi connectivity index (χ0) is 19.1. The van der Waals surface area contributed by atoms with Crippen molar-refractivity contribution in [1.29, 1.82) is 0 Å². The molecule has 3 rings (SSSR count). The number of amides is 1. The second kappa shape index (κ2) is 6.26. The summed E-state index contributed by atoms with van der Waals surface area (Å²) in [6.45, 7) is 0. The van der Waals surface area contributed by atoms with Gasteiger partial charge >= 0.3 is 10.1 Å². The number of carbonyl (C=O) groups excluding carboxylic acids is 1. The molecule has 0 saturated carbocycles. The molecule has 1 unspecified atom stereocenters. The summed E-state index contributed by atoms with van der Waals surface area (Å²) in [5.41, 5.74) is 5.41. The van der Waals surface area contributed by atoms with Gasteiger partial charge in [0.2, 0.25) is 0 Å². The first-order chi connectivity index (χ1) is 12.1. The van der Waals surface area contributed by atoms with Gasteiger partial charge in [-0.3, -0.25) is 9.69 Å². The van der Waals surface area contributed by atoms with E-state index in [0.717, 1.165) is 6.26 Å². The van der Waals surface area contributed by atoms with Crippen LogP contribution in [-0.2, 0) is 20.5 Å². The molecule has 2 heterocycles. The van der Waals surface area contributed by atoms with Gasteiger partial charge in [0.05, 0.1) is 6.26 Å². The predicted molar refractivity (Wildman–Crippen MR) is 96.3 cm³/mol. The lowest BCUT2D eigenvalue weighted by Gasteiger charge is -2.26. The van der Waals surface area contributed by atoms with E-state index >= 15 is 0 Å². The smallest absolute Gasteiger partial charge is 0.306 e. The molecule has 1 atom stereocenters. The number of hydrogen-bond acceptors (Lipinski definition) is 7. The number of halogens is 1. The van der Waals surface area contributed by atoms with Gasteiger partial charge in [-0.15, -0.1) is 0 Å². The monoisotopic (exact) mass is 394 g/mol. The van der Waals surface area contributed by atoms with Crippen LogP contribution in [0.25, 0.3) is 0 Å². The fourth-order valence-corrected chi connectivity index (χ4v) is 3.37. The van der Waals surface area contributed by atoms with Crippen LogP contribution in [-0.4, -0.2) is 43.5 Å². The Morgan fingerprint density at radius 1 is 1.19 bits per heavy atom. The molecule has 1 aliphatic rings. The van der Waals surface area contributed by atoms with Gasteiger partial charge in [-0.05, 0) is 35.4 Å². The molecule has 0 spiro atoms. The van der Waals surface area contributed by atoms with E-state index in [1.807, 2.05) is 0 Å². The van der Waals surface area contributed by atoms with E-state index < -0.39 is 15.7 Å². The second-order valence-corrected chi connectivity index (χ2v) is 7.69. The normalized spacial score (nSPS) is 20.2. The third kappa shape index (κ3) is 3.11. The van der Waals surface area contributed by atoms with Crippen molar-refractivity contribution in [1.82, 2.24) is 9.88 Å². The third-order valence-corrected chi connectivity index (χ3v) is 4.61. The molecule has 0 bridgehead atoms. The number of aliphatic imine (C=N–C) groups is 1. The number of guanidine groups is 1.